The van der Waals surface area contributed by atoms with Crippen molar-refractivity contribution >= 4 is 53.7 Å². The van der Waals surface area contributed by atoms with Crippen LogP contribution in [0.1, 0.15) is 19.8 Å². The molecule has 0 radical (unpaired) electrons. The van der Waals surface area contributed by atoms with Crippen LogP contribution in [0, 0.1) is 0 Å². The molecule has 0 unspecified atom stereocenters. The smallest absolute Gasteiger partial charge is 0.252 e. The van der Waals surface area contributed by atoms with Crippen molar-refractivity contribution in [2.45, 2.75) is 24.6 Å². The molecule has 14 heavy (non-hydrogen) atoms. The zero-order valence-electron chi connectivity index (χ0n) is 7.61. The molecule has 1 aliphatic rings. The van der Waals surface area contributed by atoms with Gasteiger partial charge in [0.1, 0.15) is 0 Å². The van der Waals surface area contributed by atoms with Gasteiger partial charge in [-0.3, -0.25) is 4.79 Å². The molecule has 0 aromatic heterocycles. The Hall–Kier alpha value is 0.390. The number of rotatable bonds is 3. The van der Waals surface area contributed by atoms with E-state index in [9.17, 15) is 4.79 Å². The quantitative estimate of drug-likeness (QED) is 0.737. The lowest BCUT2D eigenvalue weighted by Gasteiger charge is -2.06. The topological polar surface area (TPSA) is 29.1 Å². The Bertz CT molecular complexity index is 305. The predicted molar refractivity (Wildman–Crippen MR) is 68.7 cm³/mol. The van der Waals surface area contributed by atoms with Crippen LogP contribution in [0.2, 0.25) is 0 Å². The van der Waals surface area contributed by atoms with Gasteiger partial charge in [0.2, 0.25) is 0 Å². The lowest BCUT2D eigenvalue weighted by molar-refractivity contribution is -0.116. The van der Waals surface area contributed by atoms with E-state index in [2.05, 4.69) is 60.0 Å². The van der Waals surface area contributed by atoms with Crippen molar-refractivity contribution in [3.63, 3.8) is 0 Å². The number of alkyl halides is 1. The molecule has 0 aromatic carbocycles. The van der Waals surface area contributed by atoms with Crippen LogP contribution in [0.3, 0.4) is 0 Å². The first-order valence-electron chi connectivity index (χ1n) is 4.28. The number of hydrogen-bond donors (Lipinski definition) is 1. The summed E-state index contributed by atoms with van der Waals surface area (Å²) >= 11 is 10.0. The maximum absolute atomic E-state index is 11.5. The first-order valence-corrected chi connectivity index (χ1v) is 6.78. The van der Waals surface area contributed by atoms with Gasteiger partial charge in [-0.2, -0.15) is 0 Å². The number of carbonyl (C=O) groups excluding carboxylic acids is 1. The molecule has 0 saturated heterocycles. The summed E-state index contributed by atoms with van der Waals surface area (Å²) in [6.45, 7) is 2.10. The maximum Gasteiger partial charge on any atom is 0.252 e. The van der Waals surface area contributed by atoms with Crippen LogP contribution in [0.25, 0.3) is 0 Å². The summed E-state index contributed by atoms with van der Waals surface area (Å²) in [4.78, 5) is 11.7. The zero-order chi connectivity index (χ0) is 10.7. The number of allylic oxidation sites excluding steroid dienone is 1. The summed E-state index contributed by atoms with van der Waals surface area (Å²) in [6.07, 6.45) is 3.87. The third-order valence-corrected chi connectivity index (χ3v) is 3.70. The zero-order valence-corrected chi connectivity index (χ0v) is 12.4. The van der Waals surface area contributed by atoms with Crippen molar-refractivity contribution in [2.24, 2.45) is 0 Å². The van der Waals surface area contributed by atoms with E-state index < -0.39 is 0 Å². The summed E-state index contributed by atoms with van der Waals surface area (Å²) in [5.41, 5.74) is 1.57. The molecular formula is C9H10Br3NO. The summed E-state index contributed by atoms with van der Waals surface area (Å²) < 4.78 is 0.768. The Morgan fingerprint density at radius 3 is 2.64 bits per heavy atom. The van der Waals surface area contributed by atoms with Crippen LogP contribution in [0.4, 0.5) is 0 Å². The molecule has 1 amide bonds. The van der Waals surface area contributed by atoms with E-state index in [4.69, 9.17) is 0 Å². The van der Waals surface area contributed by atoms with Crippen LogP contribution in [0.15, 0.2) is 20.7 Å². The first kappa shape index (κ1) is 12.5. The number of nitrogens with one attached hydrogen (secondary N) is 1. The van der Waals surface area contributed by atoms with E-state index in [1.54, 1.807) is 0 Å². The second-order valence-corrected chi connectivity index (χ2v) is 6.74. The largest absolute Gasteiger partial charge is 0.321 e. The average molecular weight is 388 g/mol. The molecule has 5 heteroatoms. The van der Waals surface area contributed by atoms with Crippen molar-refractivity contribution in [1.82, 2.24) is 5.32 Å². The molecule has 1 N–H and O–H groups in total. The fourth-order valence-corrected chi connectivity index (χ4v) is 2.42. The molecule has 78 valence electrons. The third kappa shape index (κ3) is 2.94. The van der Waals surface area contributed by atoms with Crippen LogP contribution >= 0.6 is 47.8 Å². The van der Waals surface area contributed by atoms with E-state index >= 15 is 0 Å². The minimum Gasteiger partial charge on any atom is -0.321 e. The molecule has 0 bridgehead atoms. The minimum absolute atomic E-state index is 0.0216. The second-order valence-electron chi connectivity index (χ2n) is 2.98. The number of halogens is 3. The Morgan fingerprint density at radius 2 is 2.21 bits per heavy atom. The lowest BCUT2D eigenvalue weighted by Crippen LogP contribution is -2.20. The lowest BCUT2D eigenvalue weighted by atomic mass is 10.1. The second kappa shape index (κ2) is 5.47. The Labute approximate surface area is 109 Å². The molecule has 2 nitrogen and oxygen atoms in total. The highest BCUT2D eigenvalue weighted by Gasteiger charge is 2.24. The molecule has 1 heterocycles. The highest BCUT2D eigenvalue weighted by Crippen LogP contribution is 2.28. The van der Waals surface area contributed by atoms with Crippen LogP contribution in [-0.4, -0.2) is 10.7 Å². The molecule has 1 atom stereocenters. The van der Waals surface area contributed by atoms with E-state index in [0.29, 0.717) is 0 Å². The molecule has 0 fully saturated rings. The Kier molecular flexibility index (Phi) is 4.87. The van der Waals surface area contributed by atoms with Gasteiger partial charge in [0, 0.05) is 10.4 Å². The van der Waals surface area contributed by atoms with Crippen LogP contribution in [0.5, 0.6) is 0 Å². The fourth-order valence-electron chi connectivity index (χ4n) is 1.20. The molecule has 0 saturated carbocycles. The molecule has 1 aliphatic heterocycles. The minimum atomic E-state index is -0.0216. The summed E-state index contributed by atoms with van der Waals surface area (Å²) in [6, 6.07) is 0. The third-order valence-electron chi connectivity index (χ3n) is 1.89. The Morgan fingerprint density at radius 1 is 1.57 bits per heavy atom. The molecule has 1 rings (SSSR count). The van der Waals surface area contributed by atoms with Gasteiger partial charge in [-0.25, -0.2) is 0 Å². The molecule has 0 aromatic rings. The van der Waals surface area contributed by atoms with Crippen LogP contribution in [-0.2, 0) is 4.79 Å². The van der Waals surface area contributed by atoms with Crippen molar-refractivity contribution in [1.29, 1.82) is 0 Å². The average Bonchev–Trinajstić information content (AvgIpc) is 2.48. The standard InChI is InChI=1S/C9H10Br3NO/c1-2-3-6(10)5-4-7(8(11)12)13-9(5)14/h4,6H,2-3H2,1H3,(H,13,14)/t6-/m1/s1. The summed E-state index contributed by atoms with van der Waals surface area (Å²) in [5.74, 6) is -0.0216. The molecule has 0 aliphatic carbocycles. The van der Waals surface area contributed by atoms with Gasteiger partial charge in [-0.1, -0.05) is 29.3 Å². The SMILES string of the molecule is CCC[C@@H](Br)C1=CC(=C(Br)Br)NC1=O. The highest BCUT2D eigenvalue weighted by atomic mass is 79.9. The van der Waals surface area contributed by atoms with E-state index in [1.165, 1.54) is 0 Å². The van der Waals surface area contributed by atoms with Gasteiger partial charge in [0.05, 0.1) is 9.09 Å². The van der Waals surface area contributed by atoms with E-state index in [0.717, 1.165) is 27.5 Å². The van der Waals surface area contributed by atoms with Crippen molar-refractivity contribution in [3.05, 3.63) is 20.7 Å². The van der Waals surface area contributed by atoms with Gasteiger partial charge in [-0.15, -0.1) is 0 Å². The first-order chi connectivity index (χ1) is 6.56. The van der Waals surface area contributed by atoms with Gasteiger partial charge in [0.25, 0.3) is 5.91 Å². The Balaban J connectivity index is 2.84. The molecule has 0 spiro atoms. The molecular weight excluding hydrogens is 378 g/mol. The number of carbonyl (C=O) groups is 1. The van der Waals surface area contributed by atoms with Crippen LogP contribution < -0.4 is 5.32 Å². The van der Waals surface area contributed by atoms with Gasteiger partial charge < -0.3 is 5.32 Å². The summed E-state index contributed by atoms with van der Waals surface area (Å²) in [5, 5.41) is 2.77. The van der Waals surface area contributed by atoms with Crippen molar-refractivity contribution in [3.8, 4) is 0 Å². The van der Waals surface area contributed by atoms with Gasteiger partial charge in [0.15, 0.2) is 0 Å². The number of hydrogen-bond acceptors (Lipinski definition) is 1. The van der Waals surface area contributed by atoms with Crippen molar-refractivity contribution in [2.75, 3.05) is 0 Å². The summed E-state index contributed by atoms with van der Waals surface area (Å²) in [7, 11) is 0. The van der Waals surface area contributed by atoms with Gasteiger partial charge in [-0.05, 0) is 44.4 Å². The van der Waals surface area contributed by atoms with E-state index in [-0.39, 0.29) is 10.7 Å². The highest BCUT2D eigenvalue weighted by molar-refractivity contribution is 9.28. The van der Waals surface area contributed by atoms with Crippen molar-refractivity contribution < 1.29 is 4.79 Å². The predicted octanol–water partition coefficient (Wildman–Crippen LogP) is 3.57. The van der Waals surface area contributed by atoms with E-state index in [1.807, 2.05) is 6.08 Å². The maximum atomic E-state index is 11.5. The fraction of sp³-hybridized carbons (Fsp3) is 0.444. The monoisotopic (exact) mass is 385 g/mol. The van der Waals surface area contributed by atoms with Gasteiger partial charge >= 0.3 is 0 Å². The number of amides is 1. The normalized spacial score (nSPS) is 17.9.